The summed E-state index contributed by atoms with van der Waals surface area (Å²) in [6.45, 7) is 0.549. The zero-order chi connectivity index (χ0) is 13.2. The van der Waals surface area contributed by atoms with E-state index in [-0.39, 0.29) is 5.82 Å². The lowest BCUT2D eigenvalue weighted by molar-refractivity contribution is 0.629. The van der Waals surface area contributed by atoms with Crippen molar-refractivity contribution in [1.82, 2.24) is 19.7 Å². The van der Waals surface area contributed by atoms with E-state index in [0.29, 0.717) is 12.1 Å². The molecular weight excluding hydrogens is 245 g/mol. The van der Waals surface area contributed by atoms with Crippen LogP contribution in [0.25, 0.3) is 10.9 Å². The van der Waals surface area contributed by atoms with E-state index in [9.17, 15) is 4.39 Å². The maximum atomic E-state index is 13.1. The van der Waals surface area contributed by atoms with E-state index in [2.05, 4.69) is 20.4 Å². The van der Waals surface area contributed by atoms with Gasteiger partial charge in [0, 0.05) is 30.4 Å². The predicted molar refractivity (Wildman–Crippen MR) is 70.0 cm³/mol. The van der Waals surface area contributed by atoms with Gasteiger partial charge in [-0.2, -0.15) is 5.10 Å². The largest absolute Gasteiger partial charge is 0.377 e. The van der Waals surface area contributed by atoms with Gasteiger partial charge in [0.2, 0.25) is 0 Å². The molecule has 0 bridgehead atoms. The Morgan fingerprint density at radius 1 is 1.26 bits per heavy atom. The van der Waals surface area contributed by atoms with Crippen molar-refractivity contribution >= 4 is 16.6 Å². The number of nitrogens with one attached hydrogen (secondary N) is 1. The molecule has 3 rings (SSSR count). The minimum atomic E-state index is -0.287. The highest BCUT2D eigenvalue weighted by molar-refractivity contribution is 5.90. The summed E-state index contributed by atoms with van der Waals surface area (Å²) in [5.41, 5.74) is 1.52. The van der Waals surface area contributed by atoms with Gasteiger partial charge in [-0.25, -0.2) is 9.37 Å². The number of fused-ring (bicyclic) bond motifs is 1. The number of hydrogen-bond acceptors (Lipinski definition) is 4. The van der Waals surface area contributed by atoms with Crippen LogP contribution >= 0.6 is 0 Å². The monoisotopic (exact) mass is 257 g/mol. The Morgan fingerprint density at radius 2 is 2.16 bits per heavy atom. The topological polar surface area (TPSA) is 55.6 Å². The molecule has 0 aliphatic rings. The maximum Gasteiger partial charge on any atom is 0.145 e. The summed E-state index contributed by atoms with van der Waals surface area (Å²) in [7, 11) is 1.84. The molecule has 19 heavy (non-hydrogen) atoms. The Labute approximate surface area is 109 Å². The lowest BCUT2D eigenvalue weighted by Crippen LogP contribution is -2.07. The highest BCUT2D eigenvalue weighted by atomic mass is 19.1. The van der Waals surface area contributed by atoms with Crippen LogP contribution in [-0.4, -0.2) is 19.7 Å². The molecule has 96 valence electrons. The molecule has 1 aromatic carbocycles. The van der Waals surface area contributed by atoms with Gasteiger partial charge in [0.1, 0.15) is 18.0 Å². The average Bonchev–Trinajstić information content (AvgIpc) is 2.81. The molecule has 1 N–H and O–H groups in total. The zero-order valence-corrected chi connectivity index (χ0v) is 10.3. The van der Waals surface area contributed by atoms with Crippen molar-refractivity contribution in [2.75, 3.05) is 5.32 Å². The molecule has 2 heterocycles. The molecule has 0 saturated heterocycles. The SMILES string of the molecule is Cn1ncnc1CNc1ccnc2cc(F)ccc12. The molecule has 2 aromatic heterocycles. The third-order valence-electron chi connectivity index (χ3n) is 2.95. The Bertz CT molecular complexity index is 722. The summed E-state index contributed by atoms with van der Waals surface area (Å²) in [4.78, 5) is 8.29. The van der Waals surface area contributed by atoms with Crippen LogP contribution in [0.5, 0.6) is 0 Å². The first-order valence-corrected chi connectivity index (χ1v) is 5.85. The first-order valence-electron chi connectivity index (χ1n) is 5.85. The van der Waals surface area contributed by atoms with E-state index < -0.39 is 0 Å². The molecule has 0 aliphatic heterocycles. The number of anilines is 1. The number of pyridine rings is 1. The fourth-order valence-corrected chi connectivity index (χ4v) is 1.93. The Kier molecular flexibility index (Phi) is 2.83. The second-order valence-corrected chi connectivity index (χ2v) is 4.17. The second kappa shape index (κ2) is 4.64. The number of aromatic nitrogens is 4. The van der Waals surface area contributed by atoms with Crippen molar-refractivity contribution in [2.24, 2.45) is 7.05 Å². The number of benzene rings is 1. The van der Waals surface area contributed by atoms with Crippen molar-refractivity contribution in [3.63, 3.8) is 0 Å². The summed E-state index contributed by atoms with van der Waals surface area (Å²) in [6, 6.07) is 6.42. The Balaban J connectivity index is 1.91. The van der Waals surface area contributed by atoms with Crippen LogP contribution in [0.15, 0.2) is 36.8 Å². The van der Waals surface area contributed by atoms with Crippen molar-refractivity contribution in [2.45, 2.75) is 6.54 Å². The average molecular weight is 257 g/mol. The predicted octanol–water partition coefficient (Wildman–Crippen LogP) is 2.11. The summed E-state index contributed by atoms with van der Waals surface area (Å²) in [5, 5.41) is 8.15. The third kappa shape index (κ3) is 2.24. The van der Waals surface area contributed by atoms with Crippen molar-refractivity contribution in [3.05, 3.63) is 48.4 Å². The third-order valence-corrected chi connectivity index (χ3v) is 2.95. The van der Waals surface area contributed by atoms with E-state index >= 15 is 0 Å². The lowest BCUT2D eigenvalue weighted by Gasteiger charge is -2.08. The van der Waals surface area contributed by atoms with Crippen LogP contribution in [0.4, 0.5) is 10.1 Å². The van der Waals surface area contributed by atoms with Gasteiger partial charge in [-0.05, 0) is 18.2 Å². The van der Waals surface area contributed by atoms with Crippen LogP contribution in [0.1, 0.15) is 5.82 Å². The maximum absolute atomic E-state index is 13.1. The molecule has 0 fully saturated rings. The van der Waals surface area contributed by atoms with Crippen LogP contribution in [0.2, 0.25) is 0 Å². The standard InChI is InChI=1S/C13H12FN5/c1-19-13(17-8-18-19)7-16-11-4-5-15-12-6-9(14)2-3-10(11)12/h2-6,8H,7H2,1H3,(H,15,16). The smallest absolute Gasteiger partial charge is 0.145 e. The van der Waals surface area contributed by atoms with Gasteiger partial charge in [0.15, 0.2) is 0 Å². The molecule has 3 aromatic rings. The van der Waals surface area contributed by atoms with E-state index in [1.807, 2.05) is 13.1 Å². The molecular formula is C13H12FN5. The van der Waals surface area contributed by atoms with Gasteiger partial charge < -0.3 is 5.32 Å². The normalized spacial score (nSPS) is 10.8. The first-order chi connectivity index (χ1) is 9.24. The highest BCUT2D eigenvalue weighted by Gasteiger charge is 2.05. The van der Waals surface area contributed by atoms with Gasteiger partial charge in [-0.15, -0.1) is 0 Å². The van der Waals surface area contributed by atoms with Crippen LogP contribution in [-0.2, 0) is 13.6 Å². The van der Waals surface area contributed by atoms with Gasteiger partial charge in [0.05, 0.1) is 12.1 Å². The Morgan fingerprint density at radius 3 is 2.95 bits per heavy atom. The molecule has 0 aliphatic carbocycles. The number of halogens is 1. The molecule has 0 radical (unpaired) electrons. The van der Waals surface area contributed by atoms with Crippen molar-refractivity contribution < 1.29 is 4.39 Å². The molecule has 0 saturated carbocycles. The zero-order valence-electron chi connectivity index (χ0n) is 10.3. The fourth-order valence-electron chi connectivity index (χ4n) is 1.93. The first kappa shape index (κ1) is 11.6. The highest BCUT2D eigenvalue weighted by Crippen LogP contribution is 2.22. The van der Waals surface area contributed by atoms with Crippen LogP contribution in [0.3, 0.4) is 0 Å². The number of aryl methyl sites for hydroxylation is 1. The summed E-state index contributed by atoms with van der Waals surface area (Å²) in [5.74, 6) is 0.539. The van der Waals surface area contributed by atoms with Gasteiger partial charge in [-0.1, -0.05) is 0 Å². The number of rotatable bonds is 3. The number of nitrogens with zero attached hydrogens (tertiary/aromatic N) is 4. The van der Waals surface area contributed by atoms with Gasteiger partial charge in [-0.3, -0.25) is 9.67 Å². The molecule has 0 amide bonds. The molecule has 0 spiro atoms. The summed E-state index contributed by atoms with van der Waals surface area (Å²) < 4.78 is 14.9. The van der Waals surface area contributed by atoms with Crippen LogP contribution in [0, 0.1) is 5.82 Å². The van der Waals surface area contributed by atoms with Crippen LogP contribution < -0.4 is 5.32 Å². The van der Waals surface area contributed by atoms with Gasteiger partial charge in [0.25, 0.3) is 0 Å². The minimum Gasteiger partial charge on any atom is -0.377 e. The van der Waals surface area contributed by atoms with Crippen molar-refractivity contribution in [3.8, 4) is 0 Å². The molecule has 0 atom stereocenters. The van der Waals surface area contributed by atoms with Gasteiger partial charge >= 0.3 is 0 Å². The van der Waals surface area contributed by atoms with E-state index in [0.717, 1.165) is 16.9 Å². The quantitative estimate of drug-likeness (QED) is 0.780. The fraction of sp³-hybridized carbons (Fsp3) is 0.154. The van der Waals surface area contributed by atoms with E-state index in [1.54, 1.807) is 16.9 Å². The summed E-state index contributed by atoms with van der Waals surface area (Å²) >= 11 is 0. The number of hydrogen-bond donors (Lipinski definition) is 1. The molecule has 6 heteroatoms. The minimum absolute atomic E-state index is 0.287. The lowest BCUT2D eigenvalue weighted by atomic mass is 10.2. The Hall–Kier alpha value is -2.50. The van der Waals surface area contributed by atoms with Crippen molar-refractivity contribution in [1.29, 1.82) is 0 Å². The summed E-state index contributed by atoms with van der Waals surface area (Å²) in [6.07, 6.45) is 3.16. The van der Waals surface area contributed by atoms with E-state index in [4.69, 9.17) is 0 Å². The second-order valence-electron chi connectivity index (χ2n) is 4.17. The molecule has 0 unspecified atom stereocenters. The van der Waals surface area contributed by atoms with E-state index in [1.165, 1.54) is 18.5 Å². The molecule has 5 nitrogen and oxygen atoms in total.